The number of imide groups is 1. The second-order valence-corrected chi connectivity index (χ2v) is 6.91. The highest BCUT2D eigenvalue weighted by atomic mass is 79.9. The highest BCUT2D eigenvalue weighted by molar-refractivity contribution is 9.10. The summed E-state index contributed by atoms with van der Waals surface area (Å²) < 4.78 is 0.759. The number of amides is 2. The van der Waals surface area contributed by atoms with Gasteiger partial charge in [-0.1, -0.05) is 30.9 Å². The smallest absolute Gasteiger partial charge is 0.240 e. The molecular formula is C15H15BrClNO2. The summed E-state index contributed by atoms with van der Waals surface area (Å²) in [7, 11) is 0. The average molecular weight is 357 g/mol. The molecular weight excluding hydrogens is 342 g/mol. The Balaban J connectivity index is 1.95. The maximum Gasteiger partial charge on any atom is 0.240 e. The molecule has 5 heteroatoms. The number of nitrogens with zero attached hydrogens (tertiary/aromatic N) is 1. The molecule has 0 bridgehead atoms. The minimum Gasteiger partial charge on any atom is -0.274 e. The molecule has 1 spiro atoms. The van der Waals surface area contributed by atoms with Crippen LogP contribution < -0.4 is 4.90 Å². The summed E-state index contributed by atoms with van der Waals surface area (Å²) in [5.74, 6) is -0.143. The minimum absolute atomic E-state index is 0.0411. The van der Waals surface area contributed by atoms with E-state index in [1.165, 1.54) is 4.90 Å². The van der Waals surface area contributed by atoms with Crippen LogP contribution in [-0.4, -0.2) is 11.8 Å². The first kappa shape index (κ1) is 14.1. The van der Waals surface area contributed by atoms with Gasteiger partial charge >= 0.3 is 0 Å². The number of benzene rings is 1. The van der Waals surface area contributed by atoms with E-state index in [1.807, 2.05) is 0 Å². The first-order valence-corrected chi connectivity index (χ1v) is 8.03. The zero-order valence-electron chi connectivity index (χ0n) is 11.0. The summed E-state index contributed by atoms with van der Waals surface area (Å²) in [5.41, 5.74) is 0.130. The zero-order valence-corrected chi connectivity index (χ0v) is 13.3. The quantitative estimate of drug-likeness (QED) is 0.703. The molecule has 1 aliphatic heterocycles. The van der Waals surface area contributed by atoms with Crippen LogP contribution >= 0.6 is 27.5 Å². The molecule has 0 atom stereocenters. The number of anilines is 1. The molecule has 2 fully saturated rings. The Morgan fingerprint density at radius 1 is 1.15 bits per heavy atom. The van der Waals surface area contributed by atoms with Crippen molar-refractivity contribution in [2.75, 3.05) is 4.90 Å². The van der Waals surface area contributed by atoms with E-state index in [-0.39, 0.29) is 11.8 Å². The van der Waals surface area contributed by atoms with Gasteiger partial charge in [0.05, 0.1) is 16.1 Å². The van der Waals surface area contributed by atoms with E-state index in [2.05, 4.69) is 15.9 Å². The number of hydrogen-bond donors (Lipinski definition) is 0. The molecule has 20 heavy (non-hydrogen) atoms. The number of halogens is 2. The Morgan fingerprint density at radius 2 is 1.85 bits per heavy atom. The van der Waals surface area contributed by atoms with Gasteiger partial charge in [0.1, 0.15) is 0 Å². The van der Waals surface area contributed by atoms with Crippen molar-refractivity contribution in [1.29, 1.82) is 0 Å². The van der Waals surface area contributed by atoms with Gasteiger partial charge in [-0.05, 0) is 47.0 Å². The average Bonchev–Trinajstić information content (AvgIpc) is 2.66. The fourth-order valence-corrected chi connectivity index (χ4v) is 3.72. The van der Waals surface area contributed by atoms with Crippen LogP contribution in [0.25, 0.3) is 0 Å². The molecule has 106 valence electrons. The predicted molar refractivity (Wildman–Crippen MR) is 81.8 cm³/mol. The van der Waals surface area contributed by atoms with Gasteiger partial charge in [-0.25, -0.2) is 0 Å². The molecule has 3 nitrogen and oxygen atoms in total. The Hall–Kier alpha value is -0.870. The third kappa shape index (κ3) is 2.19. The van der Waals surface area contributed by atoms with Crippen molar-refractivity contribution in [2.24, 2.45) is 5.41 Å². The topological polar surface area (TPSA) is 37.4 Å². The maximum atomic E-state index is 12.7. The molecule has 0 N–H and O–H groups in total. The van der Waals surface area contributed by atoms with Crippen LogP contribution in [0.1, 0.15) is 38.5 Å². The number of rotatable bonds is 1. The van der Waals surface area contributed by atoms with Crippen LogP contribution in [0.15, 0.2) is 22.7 Å². The van der Waals surface area contributed by atoms with Crippen LogP contribution in [0.2, 0.25) is 5.02 Å². The van der Waals surface area contributed by atoms with Crippen molar-refractivity contribution in [3.05, 3.63) is 27.7 Å². The normalized spacial score (nSPS) is 21.8. The van der Waals surface area contributed by atoms with Crippen LogP contribution in [0.4, 0.5) is 5.69 Å². The van der Waals surface area contributed by atoms with E-state index in [0.29, 0.717) is 17.1 Å². The van der Waals surface area contributed by atoms with Crippen molar-refractivity contribution in [1.82, 2.24) is 0 Å². The summed E-state index contributed by atoms with van der Waals surface area (Å²) >= 11 is 9.39. The lowest BCUT2D eigenvalue weighted by Crippen LogP contribution is -2.36. The Kier molecular flexibility index (Phi) is 3.63. The fraction of sp³-hybridized carbons (Fsp3) is 0.467. The number of carbonyl (C=O) groups is 2. The Morgan fingerprint density at radius 3 is 2.50 bits per heavy atom. The lowest BCUT2D eigenvalue weighted by molar-refractivity contribution is -0.127. The van der Waals surface area contributed by atoms with E-state index in [9.17, 15) is 9.59 Å². The van der Waals surface area contributed by atoms with Gasteiger partial charge in [-0.2, -0.15) is 0 Å². The van der Waals surface area contributed by atoms with Crippen LogP contribution in [0.5, 0.6) is 0 Å². The maximum absolute atomic E-state index is 12.7. The van der Waals surface area contributed by atoms with Gasteiger partial charge in [0.2, 0.25) is 11.8 Å². The second kappa shape index (κ2) is 5.15. The first-order chi connectivity index (χ1) is 9.53. The molecule has 1 aromatic carbocycles. The van der Waals surface area contributed by atoms with Crippen LogP contribution in [0.3, 0.4) is 0 Å². The SMILES string of the molecule is O=C1CC2(CCCCC2)C(=O)N1c1ccc(Br)c(Cl)c1. The summed E-state index contributed by atoms with van der Waals surface area (Å²) in [6.45, 7) is 0. The Labute approximate surface area is 131 Å². The van der Waals surface area contributed by atoms with E-state index < -0.39 is 5.41 Å². The zero-order chi connectivity index (χ0) is 14.3. The molecule has 1 aromatic rings. The minimum atomic E-state index is -0.450. The summed E-state index contributed by atoms with van der Waals surface area (Å²) in [4.78, 5) is 26.4. The summed E-state index contributed by atoms with van der Waals surface area (Å²) in [5, 5.41) is 0.507. The molecule has 1 aliphatic carbocycles. The molecule has 1 heterocycles. The van der Waals surface area contributed by atoms with Gasteiger partial charge < -0.3 is 0 Å². The molecule has 1 saturated carbocycles. The van der Waals surface area contributed by atoms with E-state index in [4.69, 9.17) is 11.6 Å². The molecule has 0 radical (unpaired) electrons. The van der Waals surface area contributed by atoms with Crippen molar-refractivity contribution in [3.8, 4) is 0 Å². The largest absolute Gasteiger partial charge is 0.274 e. The Bertz CT molecular complexity index is 581. The van der Waals surface area contributed by atoms with Crippen molar-refractivity contribution >= 4 is 45.0 Å². The van der Waals surface area contributed by atoms with Crippen LogP contribution in [0, 0.1) is 5.41 Å². The molecule has 2 aliphatic rings. The molecule has 1 saturated heterocycles. The summed E-state index contributed by atoms with van der Waals surface area (Å²) in [6.07, 6.45) is 5.24. The van der Waals surface area contributed by atoms with Crippen molar-refractivity contribution in [2.45, 2.75) is 38.5 Å². The fourth-order valence-electron chi connectivity index (χ4n) is 3.30. The van der Waals surface area contributed by atoms with Gasteiger partial charge in [-0.15, -0.1) is 0 Å². The molecule has 0 aromatic heterocycles. The second-order valence-electron chi connectivity index (χ2n) is 5.65. The summed E-state index contributed by atoms with van der Waals surface area (Å²) in [6, 6.07) is 5.20. The molecule has 0 unspecified atom stereocenters. The van der Waals surface area contributed by atoms with Crippen molar-refractivity contribution < 1.29 is 9.59 Å². The number of carbonyl (C=O) groups excluding carboxylic acids is 2. The lowest BCUT2D eigenvalue weighted by Gasteiger charge is -2.30. The van der Waals surface area contributed by atoms with E-state index in [0.717, 1.165) is 36.6 Å². The van der Waals surface area contributed by atoms with Gasteiger partial charge in [-0.3, -0.25) is 14.5 Å². The standard InChI is InChI=1S/C15H15BrClNO2/c16-11-5-4-10(8-12(11)17)18-13(19)9-15(14(18)20)6-2-1-3-7-15/h4-5,8H,1-3,6-7,9H2. The third-order valence-electron chi connectivity index (χ3n) is 4.37. The predicted octanol–water partition coefficient (Wildman–Crippen LogP) is 4.32. The van der Waals surface area contributed by atoms with E-state index in [1.54, 1.807) is 18.2 Å². The highest BCUT2D eigenvalue weighted by Crippen LogP contribution is 2.46. The van der Waals surface area contributed by atoms with Crippen LogP contribution in [-0.2, 0) is 9.59 Å². The van der Waals surface area contributed by atoms with E-state index >= 15 is 0 Å². The highest BCUT2D eigenvalue weighted by Gasteiger charge is 2.51. The molecule has 3 rings (SSSR count). The van der Waals surface area contributed by atoms with Gasteiger partial charge in [0, 0.05) is 10.9 Å². The van der Waals surface area contributed by atoms with Gasteiger partial charge in [0.15, 0.2) is 0 Å². The third-order valence-corrected chi connectivity index (χ3v) is 5.60. The lowest BCUT2D eigenvalue weighted by atomic mass is 9.73. The van der Waals surface area contributed by atoms with Gasteiger partial charge in [0.25, 0.3) is 0 Å². The van der Waals surface area contributed by atoms with Crippen molar-refractivity contribution in [3.63, 3.8) is 0 Å². The monoisotopic (exact) mass is 355 g/mol. The molecule has 2 amide bonds. The first-order valence-electron chi connectivity index (χ1n) is 6.86. The number of hydrogen-bond acceptors (Lipinski definition) is 2.